The molecule has 110 valence electrons. The van der Waals surface area contributed by atoms with Gasteiger partial charge in [-0.25, -0.2) is 0 Å². The molecule has 0 aliphatic rings. The summed E-state index contributed by atoms with van der Waals surface area (Å²) in [4.78, 5) is 1.49. The average molecular weight is 310 g/mol. The quantitative estimate of drug-likeness (QED) is 0.865. The second-order valence-corrected chi connectivity index (χ2v) is 4.93. The fraction of sp³-hybridized carbons (Fsp3) is 0.133. The number of thiocarbonyl (C=S) groups is 1. The van der Waals surface area contributed by atoms with Gasteiger partial charge in [-0.05, 0) is 30.3 Å². The van der Waals surface area contributed by atoms with Crippen molar-refractivity contribution in [2.24, 2.45) is 5.73 Å². The van der Waals surface area contributed by atoms with Crippen molar-refractivity contribution in [2.45, 2.75) is 6.18 Å². The molecule has 2 nitrogen and oxygen atoms in total. The summed E-state index contributed by atoms with van der Waals surface area (Å²) in [5.74, 6) is 0. The van der Waals surface area contributed by atoms with E-state index in [0.717, 1.165) is 11.8 Å². The van der Waals surface area contributed by atoms with Crippen molar-refractivity contribution in [2.75, 3.05) is 11.9 Å². The molecule has 0 aromatic heterocycles. The second-order valence-electron chi connectivity index (χ2n) is 4.49. The summed E-state index contributed by atoms with van der Waals surface area (Å²) in [6.45, 7) is 0. The van der Waals surface area contributed by atoms with Gasteiger partial charge >= 0.3 is 6.18 Å². The molecule has 0 saturated heterocycles. The highest BCUT2D eigenvalue weighted by atomic mass is 32.1. The second kappa shape index (κ2) is 5.73. The highest BCUT2D eigenvalue weighted by molar-refractivity contribution is 7.80. The van der Waals surface area contributed by atoms with Crippen molar-refractivity contribution in [3.63, 3.8) is 0 Å². The maximum Gasteiger partial charge on any atom is 0.417 e. The molecule has 0 aliphatic carbocycles. The SMILES string of the molecule is CN(c1ccccc1)c1ccc(C(F)(F)F)c(C(N)=S)c1. The summed E-state index contributed by atoms with van der Waals surface area (Å²) >= 11 is 4.74. The van der Waals surface area contributed by atoms with Crippen LogP contribution in [0.4, 0.5) is 24.5 Å². The number of para-hydroxylation sites is 1. The number of anilines is 2. The summed E-state index contributed by atoms with van der Waals surface area (Å²) in [6.07, 6.45) is -4.48. The van der Waals surface area contributed by atoms with Crippen molar-refractivity contribution in [1.29, 1.82) is 0 Å². The molecule has 0 fully saturated rings. The number of benzene rings is 2. The lowest BCUT2D eigenvalue weighted by Gasteiger charge is -2.21. The normalized spacial score (nSPS) is 11.2. The molecule has 2 rings (SSSR count). The predicted octanol–water partition coefficient (Wildman–Crippen LogP) is 4.11. The Kier molecular flexibility index (Phi) is 4.18. The Morgan fingerprint density at radius 1 is 1.05 bits per heavy atom. The van der Waals surface area contributed by atoms with E-state index in [-0.39, 0.29) is 10.6 Å². The van der Waals surface area contributed by atoms with Crippen LogP contribution >= 0.6 is 12.2 Å². The molecule has 2 aromatic carbocycles. The molecular formula is C15H13F3N2S. The van der Waals surface area contributed by atoms with E-state index < -0.39 is 11.7 Å². The van der Waals surface area contributed by atoms with Crippen LogP contribution in [-0.4, -0.2) is 12.0 Å². The zero-order valence-electron chi connectivity index (χ0n) is 11.2. The molecular weight excluding hydrogens is 297 g/mol. The Balaban J connectivity index is 2.48. The van der Waals surface area contributed by atoms with E-state index in [4.69, 9.17) is 18.0 Å². The molecule has 0 heterocycles. The van der Waals surface area contributed by atoms with E-state index in [1.165, 1.54) is 12.1 Å². The van der Waals surface area contributed by atoms with Crippen molar-refractivity contribution >= 4 is 28.6 Å². The van der Waals surface area contributed by atoms with Gasteiger partial charge in [0.2, 0.25) is 0 Å². The lowest BCUT2D eigenvalue weighted by molar-refractivity contribution is -0.137. The Labute approximate surface area is 126 Å². The zero-order chi connectivity index (χ0) is 15.6. The van der Waals surface area contributed by atoms with Crippen LogP contribution in [0, 0.1) is 0 Å². The van der Waals surface area contributed by atoms with Gasteiger partial charge < -0.3 is 10.6 Å². The highest BCUT2D eigenvalue weighted by Gasteiger charge is 2.34. The topological polar surface area (TPSA) is 29.3 Å². The van der Waals surface area contributed by atoms with Crippen LogP contribution in [0.5, 0.6) is 0 Å². The largest absolute Gasteiger partial charge is 0.417 e. The fourth-order valence-corrected chi connectivity index (χ4v) is 2.16. The van der Waals surface area contributed by atoms with E-state index in [0.29, 0.717) is 5.69 Å². The molecule has 0 radical (unpaired) electrons. The van der Waals surface area contributed by atoms with Gasteiger partial charge in [0.15, 0.2) is 0 Å². The van der Waals surface area contributed by atoms with Crippen molar-refractivity contribution in [3.05, 3.63) is 59.7 Å². The Hall–Kier alpha value is -2.08. The van der Waals surface area contributed by atoms with Crippen LogP contribution in [0.3, 0.4) is 0 Å². The Morgan fingerprint density at radius 3 is 2.19 bits per heavy atom. The minimum Gasteiger partial charge on any atom is -0.389 e. The minimum atomic E-state index is -4.48. The number of hydrogen-bond donors (Lipinski definition) is 1. The number of halogens is 3. The molecule has 0 unspecified atom stereocenters. The molecule has 21 heavy (non-hydrogen) atoms. The third-order valence-electron chi connectivity index (χ3n) is 3.10. The third kappa shape index (κ3) is 3.33. The van der Waals surface area contributed by atoms with Gasteiger partial charge in [0.05, 0.1) is 5.56 Å². The molecule has 2 N–H and O–H groups in total. The van der Waals surface area contributed by atoms with Crippen molar-refractivity contribution in [3.8, 4) is 0 Å². The highest BCUT2D eigenvalue weighted by Crippen LogP contribution is 2.35. The molecule has 6 heteroatoms. The Bertz CT molecular complexity index is 654. The first-order chi connectivity index (χ1) is 9.80. The van der Waals surface area contributed by atoms with Crippen LogP contribution in [0.1, 0.15) is 11.1 Å². The standard InChI is InChI=1S/C15H13F3N2S/c1-20(10-5-3-2-4-6-10)11-7-8-13(15(16,17)18)12(9-11)14(19)21/h2-9H,1H3,(H2,19,21). The van der Waals surface area contributed by atoms with Crippen LogP contribution in [0.15, 0.2) is 48.5 Å². The van der Waals surface area contributed by atoms with Gasteiger partial charge in [-0.15, -0.1) is 0 Å². The van der Waals surface area contributed by atoms with Crippen LogP contribution in [0.25, 0.3) is 0 Å². The van der Waals surface area contributed by atoms with Crippen LogP contribution < -0.4 is 10.6 Å². The van der Waals surface area contributed by atoms with Crippen LogP contribution in [0.2, 0.25) is 0 Å². The predicted molar refractivity (Wildman–Crippen MR) is 81.8 cm³/mol. The summed E-state index contributed by atoms with van der Waals surface area (Å²) < 4.78 is 38.8. The van der Waals surface area contributed by atoms with Gasteiger partial charge in [-0.1, -0.05) is 30.4 Å². The van der Waals surface area contributed by atoms with E-state index in [1.807, 2.05) is 30.3 Å². The Morgan fingerprint density at radius 2 is 1.67 bits per heavy atom. The lowest BCUT2D eigenvalue weighted by atomic mass is 10.1. The van der Waals surface area contributed by atoms with E-state index in [2.05, 4.69) is 0 Å². The minimum absolute atomic E-state index is 0.169. The first kappa shape index (κ1) is 15.3. The molecule has 2 aromatic rings. The summed E-state index contributed by atoms with van der Waals surface area (Å²) in [6, 6.07) is 13.1. The average Bonchev–Trinajstić information content (AvgIpc) is 2.45. The van der Waals surface area contributed by atoms with Crippen LogP contribution in [-0.2, 0) is 6.18 Å². The van der Waals surface area contributed by atoms with Gasteiger partial charge in [0.25, 0.3) is 0 Å². The molecule has 0 amide bonds. The lowest BCUT2D eigenvalue weighted by Crippen LogP contribution is -2.19. The van der Waals surface area contributed by atoms with E-state index in [9.17, 15) is 13.2 Å². The first-order valence-corrected chi connectivity index (χ1v) is 6.51. The monoisotopic (exact) mass is 310 g/mol. The van der Waals surface area contributed by atoms with Gasteiger partial charge in [-0.3, -0.25) is 0 Å². The summed E-state index contributed by atoms with van der Waals surface area (Å²) in [5.41, 5.74) is 5.88. The molecule has 0 bridgehead atoms. The molecule has 0 spiro atoms. The maximum absolute atomic E-state index is 12.9. The van der Waals surface area contributed by atoms with E-state index in [1.54, 1.807) is 11.9 Å². The third-order valence-corrected chi connectivity index (χ3v) is 3.32. The fourth-order valence-electron chi connectivity index (χ4n) is 1.99. The van der Waals surface area contributed by atoms with Gasteiger partial charge in [0.1, 0.15) is 4.99 Å². The number of nitrogens with zero attached hydrogens (tertiary/aromatic N) is 1. The number of nitrogens with two attached hydrogens (primary N) is 1. The maximum atomic E-state index is 12.9. The summed E-state index contributed by atoms with van der Waals surface area (Å²) in [5, 5.41) is 0. The van der Waals surface area contributed by atoms with E-state index >= 15 is 0 Å². The first-order valence-electron chi connectivity index (χ1n) is 6.10. The molecule has 0 saturated carbocycles. The number of rotatable bonds is 3. The van der Waals surface area contributed by atoms with Crippen molar-refractivity contribution in [1.82, 2.24) is 0 Å². The zero-order valence-corrected chi connectivity index (χ0v) is 12.0. The molecule has 0 aliphatic heterocycles. The van der Waals surface area contributed by atoms with Gasteiger partial charge in [0, 0.05) is 24.0 Å². The smallest absolute Gasteiger partial charge is 0.389 e. The van der Waals surface area contributed by atoms with Crippen molar-refractivity contribution < 1.29 is 13.2 Å². The van der Waals surface area contributed by atoms with Gasteiger partial charge in [-0.2, -0.15) is 13.2 Å². The number of hydrogen-bond acceptors (Lipinski definition) is 2. The number of alkyl halides is 3. The summed E-state index contributed by atoms with van der Waals surface area (Å²) in [7, 11) is 1.77. The molecule has 0 atom stereocenters.